The quantitative estimate of drug-likeness (QED) is 0.507. The molecular weight excluding hydrogens is 500 g/mol. The van der Waals surface area contributed by atoms with Gasteiger partial charge in [0.1, 0.15) is 24.1 Å². The van der Waals surface area contributed by atoms with Crippen molar-refractivity contribution < 1.29 is 38.3 Å². The number of rotatable bonds is 7. The minimum atomic E-state index is -0.678. The summed E-state index contributed by atoms with van der Waals surface area (Å²) in [5.41, 5.74) is 1.95. The van der Waals surface area contributed by atoms with Crippen LogP contribution in [0.3, 0.4) is 0 Å². The molecule has 1 spiro atoms. The zero-order chi connectivity index (χ0) is 27.4. The highest BCUT2D eigenvalue weighted by Crippen LogP contribution is 2.57. The number of hydrogen-bond donors (Lipinski definition) is 1. The summed E-state index contributed by atoms with van der Waals surface area (Å²) in [6.07, 6.45) is 2.38. The lowest BCUT2D eigenvalue weighted by Crippen LogP contribution is -2.67. The van der Waals surface area contributed by atoms with Gasteiger partial charge in [0.05, 0.1) is 45.2 Å². The van der Waals surface area contributed by atoms with Crippen LogP contribution in [0.4, 0.5) is 0 Å². The summed E-state index contributed by atoms with van der Waals surface area (Å²) >= 11 is 0. The molecule has 8 heteroatoms. The van der Waals surface area contributed by atoms with Crippen LogP contribution in [0.15, 0.2) is 36.4 Å². The van der Waals surface area contributed by atoms with Crippen molar-refractivity contribution in [2.24, 2.45) is 17.8 Å². The minimum Gasteiger partial charge on any atom is -0.497 e. The molecule has 5 heterocycles. The highest BCUT2D eigenvalue weighted by molar-refractivity contribution is 5.26. The second-order valence-electron chi connectivity index (χ2n) is 12.7. The summed E-state index contributed by atoms with van der Waals surface area (Å²) < 4.78 is 43.5. The third kappa shape index (κ3) is 5.42. The molecular formula is C31H44O8. The summed E-state index contributed by atoms with van der Waals surface area (Å²) in [7, 11) is 1.67. The minimum absolute atomic E-state index is 0.0296. The van der Waals surface area contributed by atoms with E-state index in [2.05, 4.69) is 13.5 Å². The lowest BCUT2D eigenvalue weighted by Gasteiger charge is -2.61. The van der Waals surface area contributed by atoms with E-state index in [1.165, 1.54) is 0 Å². The van der Waals surface area contributed by atoms with Crippen LogP contribution in [-0.4, -0.2) is 73.6 Å². The SMILES string of the molecule is C=C1C[C@H](O)[C@@H]([C@@H]2O[C@@]34C[C@@H](C)C2CC3CC[C@H](COCc2ccc(OC)cc2)O4)O[C@H]1[C@@H]1COC(C)(C)O1. The molecule has 39 heavy (non-hydrogen) atoms. The summed E-state index contributed by atoms with van der Waals surface area (Å²) in [6.45, 7) is 11.8. The molecule has 10 atom stereocenters. The third-order valence-corrected chi connectivity index (χ3v) is 9.46. The Morgan fingerprint density at radius 1 is 1.08 bits per heavy atom. The number of aliphatic hydroxyl groups excluding tert-OH is 1. The van der Waals surface area contributed by atoms with Gasteiger partial charge >= 0.3 is 0 Å². The topological polar surface area (TPSA) is 84.8 Å². The molecule has 6 aliphatic rings. The zero-order valence-electron chi connectivity index (χ0n) is 23.7. The summed E-state index contributed by atoms with van der Waals surface area (Å²) in [5.74, 6) is 0.597. The van der Waals surface area contributed by atoms with Crippen molar-refractivity contribution in [1.29, 1.82) is 0 Å². The number of aliphatic hydroxyl groups is 1. The molecule has 5 saturated heterocycles. The lowest BCUT2D eigenvalue weighted by atomic mass is 9.62. The van der Waals surface area contributed by atoms with Crippen molar-refractivity contribution in [1.82, 2.24) is 0 Å². The van der Waals surface area contributed by atoms with E-state index in [1.807, 2.05) is 38.1 Å². The van der Waals surface area contributed by atoms with Crippen LogP contribution >= 0.6 is 0 Å². The number of methoxy groups -OCH3 is 1. The van der Waals surface area contributed by atoms with E-state index < -0.39 is 23.8 Å². The molecule has 1 aromatic carbocycles. The van der Waals surface area contributed by atoms with Gasteiger partial charge in [-0.2, -0.15) is 0 Å². The first-order valence-electron chi connectivity index (χ1n) is 14.6. The van der Waals surface area contributed by atoms with E-state index >= 15 is 0 Å². The van der Waals surface area contributed by atoms with Gasteiger partial charge in [0.2, 0.25) is 0 Å². The van der Waals surface area contributed by atoms with Crippen molar-refractivity contribution in [3.63, 3.8) is 0 Å². The standard InChI is InChI=1S/C31H44O8/c1-18-12-25(32)29(36-27(18)26-17-35-30(3,4)38-26)28-24-13-21-8-11-23(37-31(21,39-28)14-19(24)2)16-34-15-20-6-9-22(33-5)10-7-20/h6-7,9-10,19,21,23-29,32H,1,8,11-17H2,2-5H3/t19-,21?,23-,24?,25+,26+,27-,28-,29+,31+/m1/s1. The maximum Gasteiger partial charge on any atom is 0.172 e. The van der Waals surface area contributed by atoms with Gasteiger partial charge in [0, 0.05) is 12.3 Å². The normalized spacial score (nSPS) is 43.3. The van der Waals surface area contributed by atoms with Crippen molar-refractivity contribution in [2.75, 3.05) is 20.3 Å². The van der Waals surface area contributed by atoms with E-state index in [-0.39, 0.29) is 24.4 Å². The van der Waals surface area contributed by atoms with E-state index in [9.17, 15) is 5.11 Å². The lowest BCUT2D eigenvalue weighted by molar-refractivity contribution is -0.402. The van der Waals surface area contributed by atoms with Crippen LogP contribution in [0.5, 0.6) is 5.75 Å². The van der Waals surface area contributed by atoms with Gasteiger partial charge in [-0.15, -0.1) is 0 Å². The average Bonchev–Trinajstić information content (AvgIpc) is 3.27. The monoisotopic (exact) mass is 544 g/mol. The predicted octanol–water partition coefficient (Wildman–Crippen LogP) is 4.37. The zero-order valence-corrected chi connectivity index (χ0v) is 23.7. The largest absolute Gasteiger partial charge is 0.497 e. The first-order valence-corrected chi connectivity index (χ1v) is 14.6. The highest BCUT2D eigenvalue weighted by atomic mass is 16.8. The number of fused-ring (bicyclic) bond motifs is 2. The second kappa shape index (κ2) is 10.7. The molecule has 1 saturated carbocycles. The van der Waals surface area contributed by atoms with Gasteiger partial charge in [0.25, 0.3) is 0 Å². The molecule has 1 aromatic rings. The Balaban J connectivity index is 1.12. The number of benzene rings is 1. The van der Waals surface area contributed by atoms with Gasteiger partial charge in [0.15, 0.2) is 11.6 Å². The fourth-order valence-corrected chi connectivity index (χ4v) is 7.49. The Hall–Kier alpha value is -1.52. The molecule has 8 nitrogen and oxygen atoms in total. The molecule has 0 radical (unpaired) electrons. The van der Waals surface area contributed by atoms with E-state index in [1.54, 1.807) is 7.11 Å². The Morgan fingerprint density at radius 3 is 2.59 bits per heavy atom. The average molecular weight is 545 g/mol. The molecule has 6 fully saturated rings. The maximum atomic E-state index is 11.2. The Labute approximate surface area is 231 Å². The Morgan fingerprint density at radius 2 is 1.87 bits per heavy atom. The summed E-state index contributed by atoms with van der Waals surface area (Å²) in [4.78, 5) is 0. The summed E-state index contributed by atoms with van der Waals surface area (Å²) in [5, 5.41) is 11.2. The third-order valence-electron chi connectivity index (χ3n) is 9.46. The van der Waals surface area contributed by atoms with E-state index in [0.717, 1.165) is 42.6 Å². The van der Waals surface area contributed by atoms with Crippen molar-refractivity contribution in [3.8, 4) is 5.75 Å². The van der Waals surface area contributed by atoms with Gasteiger partial charge < -0.3 is 38.3 Å². The number of hydrogen-bond acceptors (Lipinski definition) is 8. The molecule has 2 unspecified atom stereocenters. The highest BCUT2D eigenvalue weighted by Gasteiger charge is 2.62. The van der Waals surface area contributed by atoms with Gasteiger partial charge in [-0.25, -0.2) is 0 Å². The molecule has 1 aliphatic carbocycles. The van der Waals surface area contributed by atoms with Gasteiger partial charge in [-0.05, 0) is 74.6 Å². The van der Waals surface area contributed by atoms with E-state index in [4.69, 9.17) is 33.2 Å². The molecule has 216 valence electrons. The molecule has 7 rings (SSSR count). The van der Waals surface area contributed by atoms with Gasteiger partial charge in [-0.3, -0.25) is 0 Å². The van der Waals surface area contributed by atoms with Crippen LogP contribution in [0, 0.1) is 17.8 Å². The fraction of sp³-hybridized carbons (Fsp3) is 0.742. The predicted molar refractivity (Wildman–Crippen MR) is 143 cm³/mol. The Kier molecular flexibility index (Phi) is 7.59. The van der Waals surface area contributed by atoms with E-state index in [0.29, 0.717) is 44.0 Å². The second-order valence-corrected chi connectivity index (χ2v) is 12.7. The molecule has 2 bridgehead atoms. The fourth-order valence-electron chi connectivity index (χ4n) is 7.49. The van der Waals surface area contributed by atoms with Crippen LogP contribution in [-0.2, 0) is 35.0 Å². The van der Waals surface area contributed by atoms with Gasteiger partial charge in [-0.1, -0.05) is 25.6 Å². The van der Waals surface area contributed by atoms with Crippen molar-refractivity contribution in [3.05, 3.63) is 42.0 Å². The molecule has 0 aromatic heterocycles. The molecule has 0 amide bonds. The number of ether oxygens (including phenoxy) is 7. The first kappa shape index (κ1) is 27.6. The maximum absolute atomic E-state index is 11.2. The van der Waals surface area contributed by atoms with Crippen molar-refractivity contribution in [2.45, 2.75) is 108 Å². The van der Waals surface area contributed by atoms with Crippen LogP contribution in [0.1, 0.15) is 58.4 Å². The van der Waals surface area contributed by atoms with Crippen LogP contribution in [0.25, 0.3) is 0 Å². The van der Waals surface area contributed by atoms with Crippen molar-refractivity contribution >= 4 is 0 Å². The smallest absolute Gasteiger partial charge is 0.172 e. The molecule has 1 N–H and O–H groups in total. The molecule has 5 aliphatic heterocycles. The van der Waals surface area contributed by atoms with Crippen LogP contribution < -0.4 is 4.74 Å². The van der Waals surface area contributed by atoms with Crippen LogP contribution in [0.2, 0.25) is 0 Å². The first-order chi connectivity index (χ1) is 18.7. The Bertz CT molecular complexity index is 1030. The summed E-state index contributed by atoms with van der Waals surface area (Å²) in [6, 6.07) is 7.94.